The van der Waals surface area contributed by atoms with Crippen LogP contribution >= 0.6 is 0 Å². The lowest BCUT2D eigenvalue weighted by Gasteiger charge is -2.38. The van der Waals surface area contributed by atoms with E-state index in [1.165, 1.54) is 6.42 Å². The molecule has 72 valence electrons. The van der Waals surface area contributed by atoms with Crippen molar-refractivity contribution in [2.24, 2.45) is 5.92 Å². The first-order chi connectivity index (χ1) is 5.69. The Hall–Kier alpha value is -0.0800. The zero-order valence-electron chi connectivity index (χ0n) is 7.92. The minimum Gasteiger partial charge on any atom is -0.396 e. The molecule has 1 aliphatic carbocycles. The van der Waals surface area contributed by atoms with Gasteiger partial charge in [-0.15, -0.1) is 0 Å². The largest absolute Gasteiger partial charge is 0.396 e. The van der Waals surface area contributed by atoms with Crippen LogP contribution in [0.25, 0.3) is 0 Å². The Morgan fingerprint density at radius 1 is 1.50 bits per heavy atom. The van der Waals surface area contributed by atoms with Gasteiger partial charge in [0.15, 0.2) is 0 Å². The smallest absolute Gasteiger partial charge is 0.0674 e. The fraction of sp³-hybridized carbons (Fsp3) is 1.00. The van der Waals surface area contributed by atoms with Crippen LogP contribution in [0.3, 0.4) is 0 Å². The van der Waals surface area contributed by atoms with E-state index in [1.54, 1.807) is 0 Å². The average molecular weight is 174 g/mol. The second kappa shape index (κ2) is 4.24. The van der Waals surface area contributed by atoms with Gasteiger partial charge in [0.1, 0.15) is 0 Å². The van der Waals surface area contributed by atoms with Gasteiger partial charge in [0.2, 0.25) is 0 Å². The summed E-state index contributed by atoms with van der Waals surface area (Å²) in [5.74, 6) is 0.415. The molecule has 1 fully saturated rings. The lowest BCUT2D eigenvalue weighted by Crippen LogP contribution is -2.39. The van der Waals surface area contributed by atoms with E-state index in [0.29, 0.717) is 5.92 Å². The van der Waals surface area contributed by atoms with Gasteiger partial charge < -0.3 is 10.2 Å². The third-order valence-corrected chi connectivity index (χ3v) is 3.18. The summed E-state index contributed by atoms with van der Waals surface area (Å²) in [6.45, 7) is 2.32. The zero-order chi connectivity index (χ0) is 9.03. The van der Waals surface area contributed by atoms with Gasteiger partial charge in [-0.1, -0.05) is 19.8 Å². The predicted octanol–water partition coefficient (Wildman–Crippen LogP) is 1.70. The molecule has 2 heteroatoms. The van der Waals surface area contributed by atoms with Crippen LogP contribution in [0, 0.1) is 5.92 Å². The van der Waals surface area contributed by atoms with Crippen molar-refractivity contribution in [3.63, 3.8) is 0 Å². The highest BCUT2D eigenvalue weighted by atomic mass is 18.2. The minimum atomic E-state index is -0.471. The first-order valence-electron chi connectivity index (χ1n) is 5.02. The van der Waals surface area contributed by atoms with Crippen LogP contribution in [0.1, 0.15) is 45.4 Å². The topological polar surface area (TPSA) is 40.5 Å². The maximum absolute atomic E-state index is 10.2. The van der Waals surface area contributed by atoms with Gasteiger partial charge in [-0.2, -0.15) is 0 Å². The molecule has 2 nitrogen and oxygen atoms in total. The molecule has 0 unspecified atom stereocenters. The summed E-state index contributed by atoms with van der Waals surface area (Å²) in [6.07, 6.45) is 5.97. The maximum Gasteiger partial charge on any atom is 0.0674 e. The molecule has 0 saturated heterocycles. The van der Waals surface area contributed by atoms with E-state index < -0.39 is 5.60 Å². The van der Waals surface area contributed by atoms with E-state index >= 15 is 0 Å². The Morgan fingerprint density at radius 3 is 2.83 bits per heavy atom. The second-order valence-corrected chi connectivity index (χ2v) is 4.08. The van der Waals surface area contributed by atoms with Gasteiger partial charge in [-0.05, 0) is 31.6 Å². The molecule has 0 aliphatic heterocycles. The van der Waals surface area contributed by atoms with Gasteiger partial charge in [-0.25, -0.2) is 0 Å². The van der Waals surface area contributed by atoms with E-state index in [1.807, 2.05) is 0 Å². The average Bonchev–Trinajstić information content (AvgIpc) is 2.07. The van der Waals surface area contributed by atoms with Crippen molar-refractivity contribution in [1.82, 2.24) is 0 Å². The highest BCUT2D eigenvalue weighted by Gasteiger charge is 2.34. The van der Waals surface area contributed by atoms with Crippen LogP contribution in [0.15, 0.2) is 0 Å². The molecule has 2 atom stereocenters. The summed E-state index contributed by atoms with van der Waals surface area (Å²) in [5, 5.41) is 18.8. The van der Waals surface area contributed by atoms with Crippen molar-refractivity contribution >= 4 is 0 Å². The van der Waals surface area contributed by atoms with E-state index in [4.69, 9.17) is 5.11 Å². The molecule has 1 saturated carbocycles. The van der Waals surface area contributed by atoms with Crippen LogP contribution in [-0.4, -0.2) is 22.4 Å². The summed E-state index contributed by atoms with van der Waals surface area (Å²) in [6, 6.07) is 0. The standard InChI is InChI=1S/C10H20O2/c1-9-5-2-3-6-10(9,12)7-4-8-11/h9,11-12H,2-8H2,1H3/t9-,10+/m0/s1/i12+2. The predicted molar refractivity (Wildman–Crippen MR) is 48.9 cm³/mol. The van der Waals surface area contributed by atoms with Gasteiger partial charge >= 0.3 is 0 Å². The van der Waals surface area contributed by atoms with Gasteiger partial charge in [0, 0.05) is 6.61 Å². The number of aliphatic hydroxyl groups excluding tert-OH is 1. The Kier molecular flexibility index (Phi) is 3.53. The summed E-state index contributed by atoms with van der Waals surface area (Å²) in [7, 11) is 0. The monoisotopic (exact) mass is 174 g/mol. The van der Waals surface area contributed by atoms with Crippen LogP contribution in [0.5, 0.6) is 0 Å². The Balaban J connectivity index is 2.42. The Morgan fingerprint density at radius 2 is 2.25 bits per heavy atom. The van der Waals surface area contributed by atoms with Gasteiger partial charge in [-0.3, -0.25) is 0 Å². The van der Waals surface area contributed by atoms with Crippen LogP contribution in [-0.2, 0) is 0 Å². The molecule has 0 radical (unpaired) electrons. The Bertz CT molecular complexity index is 136. The molecule has 0 bridgehead atoms. The van der Waals surface area contributed by atoms with Crippen molar-refractivity contribution in [3.8, 4) is 0 Å². The SMILES string of the molecule is C[C@H]1CCCC[C@@]1([18OH])CCCO. The normalized spacial score (nSPS) is 36.8. The van der Waals surface area contributed by atoms with E-state index in [9.17, 15) is 5.11 Å². The molecular weight excluding hydrogens is 154 g/mol. The van der Waals surface area contributed by atoms with Crippen molar-refractivity contribution < 1.29 is 10.2 Å². The van der Waals surface area contributed by atoms with Crippen LogP contribution < -0.4 is 0 Å². The fourth-order valence-corrected chi connectivity index (χ4v) is 2.15. The molecule has 0 aromatic carbocycles. The second-order valence-electron chi connectivity index (χ2n) is 4.08. The number of hydrogen-bond acceptors (Lipinski definition) is 2. The third kappa shape index (κ3) is 2.20. The molecule has 0 aromatic heterocycles. The molecule has 1 aliphatic rings. The quantitative estimate of drug-likeness (QED) is 0.639. The molecule has 0 amide bonds. The maximum atomic E-state index is 10.2. The molecular formula is C10H20O2. The van der Waals surface area contributed by atoms with Crippen molar-refractivity contribution in [2.75, 3.05) is 6.61 Å². The molecule has 1 rings (SSSR count). The molecule has 0 aromatic rings. The van der Waals surface area contributed by atoms with Crippen molar-refractivity contribution in [2.45, 2.75) is 51.0 Å². The number of rotatable bonds is 3. The highest BCUT2D eigenvalue weighted by molar-refractivity contribution is 4.87. The molecule has 12 heavy (non-hydrogen) atoms. The molecule has 2 N–H and O–H groups in total. The van der Waals surface area contributed by atoms with Crippen molar-refractivity contribution in [3.05, 3.63) is 0 Å². The molecule has 0 heterocycles. The lowest BCUT2D eigenvalue weighted by molar-refractivity contribution is -0.0515. The summed E-state index contributed by atoms with van der Waals surface area (Å²) in [5.41, 5.74) is -0.471. The van der Waals surface area contributed by atoms with Crippen LogP contribution in [0.2, 0.25) is 0 Å². The first-order valence-corrected chi connectivity index (χ1v) is 5.02. The van der Waals surface area contributed by atoms with Gasteiger partial charge in [0.25, 0.3) is 0 Å². The van der Waals surface area contributed by atoms with E-state index in [0.717, 1.165) is 32.1 Å². The van der Waals surface area contributed by atoms with Crippen molar-refractivity contribution in [1.29, 1.82) is 0 Å². The van der Waals surface area contributed by atoms with E-state index in [2.05, 4.69) is 6.92 Å². The lowest BCUT2D eigenvalue weighted by atomic mass is 9.75. The summed E-state index contributed by atoms with van der Waals surface area (Å²) < 4.78 is 0. The van der Waals surface area contributed by atoms with Crippen LogP contribution in [0.4, 0.5) is 0 Å². The Labute approximate surface area is 74.6 Å². The molecule has 0 spiro atoms. The fourth-order valence-electron chi connectivity index (χ4n) is 2.15. The van der Waals surface area contributed by atoms with E-state index in [-0.39, 0.29) is 6.61 Å². The zero-order valence-corrected chi connectivity index (χ0v) is 7.92. The summed E-state index contributed by atoms with van der Waals surface area (Å²) >= 11 is 0. The third-order valence-electron chi connectivity index (χ3n) is 3.18. The number of aliphatic hydroxyl groups is 2. The first kappa shape index (κ1) is 10.0. The summed E-state index contributed by atoms with van der Waals surface area (Å²) in [4.78, 5) is 0. The van der Waals surface area contributed by atoms with Gasteiger partial charge in [0.05, 0.1) is 5.60 Å². The minimum absolute atomic E-state index is 0.203. The highest BCUT2D eigenvalue weighted by Crippen LogP contribution is 2.36. The number of hydrogen-bond donors (Lipinski definition) is 2.